The molecule has 1 aromatic rings. The summed E-state index contributed by atoms with van der Waals surface area (Å²) in [4.78, 5) is 22.1. The van der Waals surface area contributed by atoms with Crippen molar-refractivity contribution in [1.82, 2.24) is 0 Å². The summed E-state index contributed by atoms with van der Waals surface area (Å²) in [7, 11) is 0. The quantitative estimate of drug-likeness (QED) is 0.757. The lowest BCUT2D eigenvalue weighted by Gasteiger charge is -2.38. The standard InChI is InChI=1S/C14H17NO4/c1-9(12(16)17)15-11-5-3-10(4-6-11)14(13(18)19)7-2-8-14/h3-6,9,15H,2,7-8H2,1H3,(H,16,17)(H,18,19). The first-order valence-electron chi connectivity index (χ1n) is 6.29. The molecular weight excluding hydrogens is 246 g/mol. The zero-order valence-electron chi connectivity index (χ0n) is 10.7. The van der Waals surface area contributed by atoms with E-state index in [0.717, 1.165) is 12.0 Å². The van der Waals surface area contributed by atoms with Gasteiger partial charge in [-0.1, -0.05) is 18.6 Å². The Morgan fingerprint density at radius 3 is 2.16 bits per heavy atom. The van der Waals surface area contributed by atoms with E-state index < -0.39 is 23.4 Å². The first-order valence-corrected chi connectivity index (χ1v) is 6.29. The van der Waals surface area contributed by atoms with E-state index in [9.17, 15) is 14.7 Å². The molecule has 1 fully saturated rings. The molecule has 0 saturated heterocycles. The molecule has 19 heavy (non-hydrogen) atoms. The van der Waals surface area contributed by atoms with Gasteiger partial charge in [0.05, 0.1) is 5.41 Å². The molecule has 1 unspecified atom stereocenters. The molecule has 2 rings (SSSR count). The van der Waals surface area contributed by atoms with Crippen LogP contribution in [0, 0.1) is 0 Å². The second-order valence-corrected chi connectivity index (χ2v) is 5.02. The molecule has 0 aliphatic heterocycles. The van der Waals surface area contributed by atoms with Gasteiger partial charge in [0.25, 0.3) is 0 Å². The van der Waals surface area contributed by atoms with Crippen molar-refractivity contribution in [2.45, 2.75) is 37.6 Å². The Balaban J connectivity index is 2.14. The summed E-state index contributed by atoms with van der Waals surface area (Å²) < 4.78 is 0. The van der Waals surface area contributed by atoms with Gasteiger partial charge in [0.2, 0.25) is 0 Å². The van der Waals surface area contributed by atoms with Crippen molar-refractivity contribution in [1.29, 1.82) is 0 Å². The van der Waals surface area contributed by atoms with Crippen molar-refractivity contribution in [2.75, 3.05) is 5.32 Å². The number of anilines is 1. The normalized spacial score (nSPS) is 18.2. The van der Waals surface area contributed by atoms with Crippen molar-refractivity contribution in [3.63, 3.8) is 0 Å². The zero-order chi connectivity index (χ0) is 14.0. The van der Waals surface area contributed by atoms with E-state index in [1.165, 1.54) is 0 Å². The first kappa shape index (κ1) is 13.4. The van der Waals surface area contributed by atoms with Gasteiger partial charge in [-0.05, 0) is 37.5 Å². The van der Waals surface area contributed by atoms with Crippen LogP contribution < -0.4 is 5.32 Å². The van der Waals surface area contributed by atoms with E-state index in [-0.39, 0.29) is 0 Å². The molecule has 0 aromatic heterocycles. The number of rotatable bonds is 5. The van der Waals surface area contributed by atoms with Gasteiger partial charge in [-0.2, -0.15) is 0 Å². The maximum atomic E-state index is 11.4. The van der Waals surface area contributed by atoms with Gasteiger partial charge in [-0.3, -0.25) is 9.59 Å². The monoisotopic (exact) mass is 263 g/mol. The average Bonchev–Trinajstić information content (AvgIpc) is 2.29. The SMILES string of the molecule is CC(Nc1ccc(C2(C(=O)O)CCC2)cc1)C(=O)O. The summed E-state index contributed by atoms with van der Waals surface area (Å²) in [6, 6.07) is 6.33. The van der Waals surface area contributed by atoms with Crippen molar-refractivity contribution in [3.05, 3.63) is 29.8 Å². The summed E-state index contributed by atoms with van der Waals surface area (Å²) in [5, 5.41) is 21.0. The number of hydrogen-bond donors (Lipinski definition) is 3. The Hall–Kier alpha value is -2.04. The largest absolute Gasteiger partial charge is 0.481 e. The summed E-state index contributed by atoms with van der Waals surface area (Å²) in [6.45, 7) is 1.56. The molecule has 1 saturated carbocycles. The highest BCUT2D eigenvalue weighted by molar-refractivity contribution is 5.83. The van der Waals surface area contributed by atoms with Crippen LogP contribution in [0.2, 0.25) is 0 Å². The number of benzene rings is 1. The van der Waals surface area contributed by atoms with Crippen LogP contribution >= 0.6 is 0 Å². The molecule has 0 spiro atoms. The Morgan fingerprint density at radius 2 is 1.79 bits per heavy atom. The lowest BCUT2D eigenvalue weighted by atomic mass is 9.64. The van der Waals surface area contributed by atoms with E-state index in [1.807, 2.05) is 0 Å². The first-order chi connectivity index (χ1) is 8.95. The van der Waals surface area contributed by atoms with Crippen LogP contribution in [0.15, 0.2) is 24.3 Å². The molecule has 0 amide bonds. The average molecular weight is 263 g/mol. The third kappa shape index (κ3) is 2.41. The fourth-order valence-electron chi connectivity index (χ4n) is 2.35. The van der Waals surface area contributed by atoms with Gasteiger partial charge < -0.3 is 15.5 Å². The predicted molar refractivity (Wildman–Crippen MR) is 70.3 cm³/mol. The number of carbonyl (C=O) groups is 2. The molecule has 0 bridgehead atoms. The Bertz CT molecular complexity index is 491. The maximum absolute atomic E-state index is 11.4. The van der Waals surface area contributed by atoms with Gasteiger partial charge in [0.1, 0.15) is 6.04 Å². The molecule has 1 aliphatic carbocycles. The van der Waals surface area contributed by atoms with Crippen molar-refractivity contribution in [3.8, 4) is 0 Å². The van der Waals surface area contributed by atoms with Gasteiger partial charge in [-0.25, -0.2) is 0 Å². The fraction of sp³-hybridized carbons (Fsp3) is 0.429. The van der Waals surface area contributed by atoms with E-state index in [2.05, 4.69) is 5.32 Å². The zero-order valence-corrected chi connectivity index (χ0v) is 10.7. The van der Waals surface area contributed by atoms with E-state index in [0.29, 0.717) is 18.5 Å². The summed E-state index contributed by atoms with van der Waals surface area (Å²) in [5.41, 5.74) is 0.731. The van der Waals surface area contributed by atoms with Crippen LogP contribution in [0.25, 0.3) is 0 Å². The van der Waals surface area contributed by atoms with Gasteiger partial charge in [0, 0.05) is 5.69 Å². The van der Waals surface area contributed by atoms with Crippen molar-refractivity contribution in [2.24, 2.45) is 0 Å². The van der Waals surface area contributed by atoms with Gasteiger partial charge in [-0.15, -0.1) is 0 Å². The molecule has 5 heteroatoms. The maximum Gasteiger partial charge on any atom is 0.325 e. The third-order valence-corrected chi connectivity index (χ3v) is 3.81. The van der Waals surface area contributed by atoms with Crippen LogP contribution in [-0.2, 0) is 15.0 Å². The van der Waals surface area contributed by atoms with Crippen LogP contribution in [0.5, 0.6) is 0 Å². The van der Waals surface area contributed by atoms with Crippen molar-refractivity contribution >= 4 is 17.6 Å². The van der Waals surface area contributed by atoms with E-state index >= 15 is 0 Å². The lowest BCUT2D eigenvalue weighted by Crippen LogP contribution is -2.42. The molecule has 5 nitrogen and oxygen atoms in total. The Labute approximate surface area is 111 Å². The van der Waals surface area contributed by atoms with Gasteiger partial charge >= 0.3 is 11.9 Å². The third-order valence-electron chi connectivity index (χ3n) is 3.81. The topological polar surface area (TPSA) is 86.6 Å². The Morgan fingerprint density at radius 1 is 1.21 bits per heavy atom. The molecular formula is C14H17NO4. The molecule has 0 radical (unpaired) electrons. The number of carboxylic acids is 2. The highest BCUT2D eigenvalue weighted by atomic mass is 16.4. The molecule has 0 heterocycles. The van der Waals surface area contributed by atoms with Gasteiger partial charge in [0.15, 0.2) is 0 Å². The second-order valence-electron chi connectivity index (χ2n) is 5.02. The number of aliphatic carboxylic acids is 2. The lowest BCUT2D eigenvalue weighted by molar-refractivity contribution is -0.147. The molecule has 1 aromatic carbocycles. The number of nitrogens with one attached hydrogen (secondary N) is 1. The Kier molecular flexibility index (Phi) is 3.46. The number of carboxylic acid groups (broad SMARTS) is 2. The van der Waals surface area contributed by atoms with E-state index in [1.54, 1.807) is 31.2 Å². The minimum absolute atomic E-state index is 0.667. The van der Waals surface area contributed by atoms with Crippen molar-refractivity contribution < 1.29 is 19.8 Å². The molecule has 1 atom stereocenters. The fourth-order valence-corrected chi connectivity index (χ4v) is 2.35. The molecule has 3 N–H and O–H groups in total. The summed E-state index contributed by atoms with van der Waals surface area (Å²) in [6.07, 6.45) is 2.27. The molecule has 1 aliphatic rings. The van der Waals surface area contributed by atoms with Crippen LogP contribution in [0.4, 0.5) is 5.69 Å². The van der Waals surface area contributed by atoms with E-state index in [4.69, 9.17) is 5.11 Å². The number of hydrogen-bond acceptors (Lipinski definition) is 3. The van der Waals surface area contributed by atoms with Crippen LogP contribution in [-0.4, -0.2) is 28.2 Å². The highest BCUT2D eigenvalue weighted by Crippen LogP contribution is 2.44. The molecule has 102 valence electrons. The summed E-state index contributed by atoms with van der Waals surface area (Å²) >= 11 is 0. The smallest absolute Gasteiger partial charge is 0.325 e. The van der Waals surface area contributed by atoms with Crippen LogP contribution in [0.3, 0.4) is 0 Å². The minimum Gasteiger partial charge on any atom is -0.481 e. The second kappa shape index (κ2) is 4.91. The summed E-state index contributed by atoms with van der Waals surface area (Å²) in [5.74, 6) is -1.71. The highest BCUT2D eigenvalue weighted by Gasteiger charge is 2.45. The van der Waals surface area contributed by atoms with Crippen LogP contribution in [0.1, 0.15) is 31.7 Å². The minimum atomic E-state index is -0.926. The predicted octanol–water partition coefficient (Wildman–Crippen LogP) is 2.08.